The SMILES string of the molecule is CCOc1cc(CC(C)=O)c(C(=O)c2ccccc2Cl)cc1OCC. The molecule has 0 unspecified atom stereocenters. The van der Waals surface area contributed by atoms with Gasteiger partial charge in [0.2, 0.25) is 0 Å². The van der Waals surface area contributed by atoms with Crippen LogP contribution in [-0.2, 0) is 11.2 Å². The molecule has 0 saturated carbocycles. The average Bonchev–Trinajstić information content (AvgIpc) is 2.57. The molecule has 2 aromatic carbocycles. The standard InChI is InChI=1S/C20H21ClO4/c1-4-24-18-11-14(10-13(3)22)16(12-19(18)25-5-2)20(23)15-8-6-7-9-17(15)21/h6-9,11-12H,4-5,10H2,1-3H3. The highest BCUT2D eigenvalue weighted by Crippen LogP contribution is 2.33. The molecule has 0 heterocycles. The zero-order valence-electron chi connectivity index (χ0n) is 14.6. The fourth-order valence-electron chi connectivity index (χ4n) is 2.55. The Kier molecular flexibility index (Phi) is 6.59. The first-order valence-corrected chi connectivity index (χ1v) is 8.56. The Morgan fingerprint density at radius 2 is 1.56 bits per heavy atom. The van der Waals surface area contributed by atoms with Gasteiger partial charge >= 0.3 is 0 Å². The third-order valence-corrected chi connectivity index (χ3v) is 3.90. The molecule has 0 aliphatic rings. The van der Waals surface area contributed by atoms with Gasteiger partial charge < -0.3 is 9.47 Å². The highest BCUT2D eigenvalue weighted by molar-refractivity contribution is 6.35. The number of Topliss-reactive ketones (excluding diaryl/α,β-unsaturated/α-hetero) is 1. The number of hydrogen-bond donors (Lipinski definition) is 0. The van der Waals surface area contributed by atoms with Crippen LogP contribution in [0.1, 0.15) is 42.3 Å². The van der Waals surface area contributed by atoms with Crippen LogP contribution in [0.4, 0.5) is 0 Å². The first kappa shape index (κ1) is 19.0. The van der Waals surface area contributed by atoms with E-state index in [1.807, 2.05) is 13.8 Å². The lowest BCUT2D eigenvalue weighted by molar-refractivity contribution is -0.116. The van der Waals surface area contributed by atoms with Gasteiger partial charge in [-0.2, -0.15) is 0 Å². The van der Waals surface area contributed by atoms with Gasteiger partial charge in [-0.1, -0.05) is 23.7 Å². The molecule has 0 N–H and O–H groups in total. The van der Waals surface area contributed by atoms with E-state index in [0.717, 1.165) is 0 Å². The Labute approximate surface area is 152 Å². The van der Waals surface area contributed by atoms with Crippen LogP contribution < -0.4 is 9.47 Å². The van der Waals surface area contributed by atoms with Crippen molar-refractivity contribution in [3.05, 3.63) is 58.1 Å². The number of carbonyl (C=O) groups is 2. The molecule has 4 nitrogen and oxygen atoms in total. The van der Waals surface area contributed by atoms with Crippen molar-refractivity contribution in [3.63, 3.8) is 0 Å². The number of halogens is 1. The summed E-state index contributed by atoms with van der Waals surface area (Å²) in [5.41, 5.74) is 1.39. The molecule has 0 amide bonds. The van der Waals surface area contributed by atoms with E-state index in [1.54, 1.807) is 36.4 Å². The van der Waals surface area contributed by atoms with Crippen molar-refractivity contribution in [2.75, 3.05) is 13.2 Å². The van der Waals surface area contributed by atoms with Crippen LogP contribution in [0.3, 0.4) is 0 Å². The van der Waals surface area contributed by atoms with Crippen molar-refractivity contribution in [1.29, 1.82) is 0 Å². The monoisotopic (exact) mass is 360 g/mol. The van der Waals surface area contributed by atoms with Crippen LogP contribution in [0, 0.1) is 0 Å². The maximum atomic E-state index is 13.0. The summed E-state index contributed by atoms with van der Waals surface area (Å²) in [6.07, 6.45) is 0.137. The first-order valence-electron chi connectivity index (χ1n) is 8.19. The molecule has 0 aromatic heterocycles. The van der Waals surface area contributed by atoms with Crippen LogP contribution in [0.25, 0.3) is 0 Å². The molecule has 0 bridgehead atoms. The molecule has 0 aliphatic heterocycles. The summed E-state index contributed by atoms with van der Waals surface area (Å²) in [5.74, 6) is 0.717. The van der Waals surface area contributed by atoms with E-state index in [2.05, 4.69) is 0 Å². The maximum absolute atomic E-state index is 13.0. The second-order valence-corrected chi connectivity index (χ2v) is 5.92. The number of hydrogen-bond acceptors (Lipinski definition) is 4. The number of carbonyl (C=O) groups excluding carboxylic acids is 2. The molecule has 0 spiro atoms. The largest absolute Gasteiger partial charge is 0.490 e. The zero-order valence-corrected chi connectivity index (χ0v) is 15.4. The lowest BCUT2D eigenvalue weighted by Crippen LogP contribution is -2.11. The summed E-state index contributed by atoms with van der Waals surface area (Å²) in [4.78, 5) is 24.7. The second kappa shape index (κ2) is 8.67. The molecule has 0 saturated heterocycles. The van der Waals surface area contributed by atoms with E-state index in [4.69, 9.17) is 21.1 Å². The highest BCUT2D eigenvalue weighted by atomic mass is 35.5. The lowest BCUT2D eigenvalue weighted by Gasteiger charge is -2.16. The molecule has 0 aliphatic carbocycles. The molecular formula is C20H21ClO4. The predicted octanol–water partition coefficient (Wildman–Crippen LogP) is 4.50. The Morgan fingerprint density at radius 3 is 2.12 bits per heavy atom. The summed E-state index contributed by atoms with van der Waals surface area (Å²) < 4.78 is 11.2. The van der Waals surface area contributed by atoms with Crippen molar-refractivity contribution in [2.45, 2.75) is 27.2 Å². The van der Waals surface area contributed by atoms with Gasteiger partial charge in [-0.05, 0) is 50.6 Å². The predicted molar refractivity (Wildman–Crippen MR) is 98.0 cm³/mol. The van der Waals surface area contributed by atoms with Crippen molar-refractivity contribution in [2.24, 2.45) is 0 Å². The Morgan fingerprint density at radius 1 is 0.960 bits per heavy atom. The van der Waals surface area contributed by atoms with Crippen molar-refractivity contribution in [3.8, 4) is 11.5 Å². The molecule has 0 atom stereocenters. The van der Waals surface area contributed by atoms with Crippen molar-refractivity contribution in [1.82, 2.24) is 0 Å². The molecule has 2 rings (SSSR count). The third-order valence-electron chi connectivity index (χ3n) is 3.57. The summed E-state index contributed by atoms with van der Waals surface area (Å²) >= 11 is 6.17. The van der Waals surface area contributed by atoms with E-state index in [9.17, 15) is 9.59 Å². The molecule has 0 radical (unpaired) electrons. The molecular weight excluding hydrogens is 340 g/mol. The average molecular weight is 361 g/mol. The van der Waals surface area contributed by atoms with E-state index in [0.29, 0.717) is 46.4 Å². The molecule has 2 aromatic rings. The molecule has 25 heavy (non-hydrogen) atoms. The van der Waals surface area contributed by atoms with Crippen molar-refractivity contribution >= 4 is 23.2 Å². The van der Waals surface area contributed by atoms with Gasteiger partial charge in [-0.25, -0.2) is 0 Å². The van der Waals surface area contributed by atoms with Gasteiger partial charge in [0.05, 0.1) is 18.2 Å². The topological polar surface area (TPSA) is 52.6 Å². The second-order valence-electron chi connectivity index (χ2n) is 5.51. The minimum Gasteiger partial charge on any atom is -0.490 e. The van der Waals surface area contributed by atoms with Gasteiger partial charge in [0.25, 0.3) is 0 Å². The number of rotatable bonds is 8. The minimum atomic E-state index is -0.245. The van der Waals surface area contributed by atoms with Crippen LogP contribution >= 0.6 is 11.6 Å². The van der Waals surface area contributed by atoms with Gasteiger partial charge in [-0.3, -0.25) is 9.59 Å². The van der Waals surface area contributed by atoms with Gasteiger partial charge in [0.1, 0.15) is 5.78 Å². The van der Waals surface area contributed by atoms with E-state index in [-0.39, 0.29) is 18.0 Å². The van der Waals surface area contributed by atoms with Crippen LogP contribution in [0.15, 0.2) is 36.4 Å². The Hall–Kier alpha value is -2.33. The molecule has 5 heteroatoms. The van der Waals surface area contributed by atoms with Gasteiger partial charge in [0, 0.05) is 17.5 Å². The van der Waals surface area contributed by atoms with E-state index in [1.165, 1.54) is 6.92 Å². The zero-order chi connectivity index (χ0) is 18.4. The quantitative estimate of drug-likeness (QED) is 0.650. The fraction of sp³-hybridized carbons (Fsp3) is 0.300. The van der Waals surface area contributed by atoms with Crippen molar-refractivity contribution < 1.29 is 19.1 Å². The summed E-state index contributed by atoms with van der Waals surface area (Å²) in [6.45, 7) is 6.10. The summed E-state index contributed by atoms with van der Waals surface area (Å²) in [7, 11) is 0. The Balaban J connectivity index is 2.60. The third kappa shape index (κ3) is 4.60. The maximum Gasteiger partial charge on any atom is 0.194 e. The number of benzene rings is 2. The molecule has 132 valence electrons. The lowest BCUT2D eigenvalue weighted by atomic mass is 9.95. The normalized spacial score (nSPS) is 10.4. The number of ether oxygens (including phenoxy) is 2. The van der Waals surface area contributed by atoms with Crippen LogP contribution in [0.5, 0.6) is 11.5 Å². The molecule has 0 fully saturated rings. The van der Waals surface area contributed by atoms with Crippen LogP contribution in [0.2, 0.25) is 5.02 Å². The highest BCUT2D eigenvalue weighted by Gasteiger charge is 2.21. The van der Waals surface area contributed by atoms with E-state index < -0.39 is 0 Å². The Bertz CT molecular complexity index is 783. The van der Waals surface area contributed by atoms with Crippen LogP contribution in [-0.4, -0.2) is 24.8 Å². The van der Waals surface area contributed by atoms with Gasteiger partial charge in [-0.15, -0.1) is 0 Å². The first-order chi connectivity index (χ1) is 12.0. The number of ketones is 2. The summed E-state index contributed by atoms with van der Waals surface area (Å²) in [5, 5.41) is 0.369. The van der Waals surface area contributed by atoms with E-state index >= 15 is 0 Å². The van der Waals surface area contributed by atoms with Gasteiger partial charge in [0.15, 0.2) is 17.3 Å². The smallest absolute Gasteiger partial charge is 0.194 e. The summed E-state index contributed by atoms with van der Waals surface area (Å²) in [6, 6.07) is 10.2. The minimum absolute atomic E-state index is 0.0418. The fourth-order valence-corrected chi connectivity index (χ4v) is 2.78.